The largest absolute Gasteiger partial charge is 0.481 e. The van der Waals surface area contributed by atoms with Crippen molar-refractivity contribution >= 4 is 12.0 Å². The predicted octanol–water partition coefficient (Wildman–Crippen LogP) is 0.261. The van der Waals surface area contributed by atoms with Gasteiger partial charge in [-0.25, -0.2) is 4.79 Å². The maximum atomic E-state index is 11.5. The molecule has 0 spiro atoms. The average molecular weight is 287 g/mol. The Hall–Kier alpha value is -1.34. The quantitative estimate of drug-likeness (QED) is 0.529. The number of carboxylic acids is 1. The summed E-state index contributed by atoms with van der Waals surface area (Å²) in [5.41, 5.74) is 0. The van der Waals surface area contributed by atoms with Crippen LogP contribution in [0.2, 0.25) is 0 Å². The third-order valence-electron chi connectivity index (χ3n) is 3.36. The summed E-state index contributed by atoms with van der Waals surface area (Å²) < 4.78 is 4.97. The molecule has 7 nitrogen and oxygen atoms in total. The Morgan fingerprint density at radius 2 is 2.00 bits per heavy atom. The summed E-state index contributed by atoms with van der Waals surface area (Å²) in [6, 6.07) is -0.279. The Kier molecular flexibility index (Phi) is 7.98. The van der Waals surface area contributed by atoms with Gasteiger partial charge in [-0.05, 0) is 38.9 Å². The van der Waals surface area contributed by atoms with Gasteiger partial charge in [0, 0.05) is 20.2 Å². The fourth-order valence-electron chi connectivity index (χ4n) is 2.21. The molecule has 2 amide bonds. The molecule has 0 aromatic rings. The van der Waals surface area contributed by atoms with Crippen molar-refractivity contribution in [1.29, 1.82) is 0 Å². The number of nitrogens with one attached hydrogen (secondary N) is 2. The second-order valence-electron chi connectivity index (χ2n) is 4.99. The lowest BCUT2D eigenvalue weighted by atomic mass is 10.2. The molecule has 1 unspecified atom stereocenters. The number of likely N-dealkylation sites (tertiary alicyclic amines) is 1. The number of nitrogens with zero attached hydrogens (tertiary/aromatic N) is 1. The van der Waals surface area contributed by atoms with Gasteiger partial charge in [0.15, 0.2) is 0 Å². The summed E-state index contributed by atoms with van der Waals surface area (Å²) in [4.78, 5) is 24.4. The van der Waals surface area contributed by atoms with Crippen LogP contribution in [0, 0.1) is 0 Å². The average Bonchev–Trinajstić information content (AvgIpc) is 2.92. The van der Waals surface area contributed by atoms with Gasteiger partial charge in [0.2, 0.25) is 0 Å². The van der Waals surface area contributed by atoms with E-state index < -0.39 is 12.1 Å². The molecular formula is C13H25N3O4. The van der Waals surface area contributed by atoms with Crippen LogP contribution in [0.3, 0.4) is 0 Å². The first-order valence-electron chi connectivity index (χ1n) is 7.10. The molecule has 1 rings (SSSR count). The Bertz CT molecular complexity index is 306. The number of ether oxygens (including phenoxy) is 1. The van der Waals surface area contributed by atoms with Crippen molar-refractivity contribution in [1.82, 2.24) is 15.5 Å². The molecule has 1 saturated heterocycles. The third-order valence-corrected chi connectivity index (χ3v) is 3.36. The zero-order chi connectivity index (χ0) is 14.8. The number of carbonyl (C=O) groups is 2. The summed E-state index contributed by atoms with van der Waals surface area (Å²) in [5.74, 6) is -0.940. The van der Waals surface area contributed by atoms with Crippen LogP contribution in [0.4, 0.5) is 4.79 Å². The third kappa shape index (κ3) is 7.30. The van der Waals surface area contributed by atoms with E-state index >= 15 is 0 Å². The van der Waals surface area contributed by atoms with Gasteiger partial charge in [-0.2, -0.15) is 0 Å². The van der Waals surface area contributed by atoms with E-state index in [2.05, 4.69) is 15.5 Å². The fraction of sp³-hybridized carbons (Fsp3) is 0.846. The van der Waals surface area contributed by atoms with E-state index in [1.165, 1.54) is 20.0 Å². The van der Waals surface area contributed by atoms with Gasteiger partial charge in [-0.1, -0.05) is 0 Å². The van der Waals surface area contributed by atoms with Gasteiger partial charge >= 0.3 is 12.0 Å². The number of methoxy groups -OCH3 is 1. The summed E-state index contributed by atoms with van der Waals surface area (Å²) in [6.45, 7) is 4.16. The number of carbonyl (C=O) groups excluding carboxylic acids is 1. The molecule has 1 aliphatic rings. The molecule has 0 bridgehead atoms. The van der Waals surface area contributed by atoms with E-state index in [9.17, 15) is 9.59 Å². The number of hydrogen-bond donors (Lipinski definition) is 3. The second kappa shape index (κ2) is 9.55. The molecule has 20 heavy (non-hydrogen) atoms. The van der Waals surface area contributed by atoms with Crippen molar-refractivity contribution in [3.63, 3.8) is 0 Å². The Balaban J connectivity index is 2.02. The number of rotatable bonds is 9. The van der Waals surface area contributed by atoms with E-state index in [-0.39, 0.29) is 19.0 Å². The molecule has 0 radical (unpaired) electrons. The Morgan fingerprint density at radius 1 is 1.30 bits per heavy atom. The predicted molar refractivity (Wildman–Crippen MR) is 74.7 cm³/mol. The van der Waals surface area contributed by atoms with Crippen molar-refractivity contribution in [2.24, 2.45) is 0 Å². The lowest BCUT2D eigenvalue weighted by Gasteiger charge is -2.16. The molecule has 3 N–H and O–H groups in total. The van der Waals surface area contributed by atoms with Crippen LogP contribution in [-0.4, -0.2) is 67.9 Å². The minimum atomic E-state index is -0.940. The number of amides is 2. The number of hydrogen-bond acceptors (Lipinski definition) is 4. The topological polar surface area (TPSA) is 90.9 Å². The van der Waals surface area contributed by atoms with Crippen molar-refractivity contribution in [2.45, 2.75) is 31.8 Å². The van der Waals surface area contributed by atoms with Crippen LogP contribution >= 0.6 is 0 Å². The lowest BCUT2D eigenvalue weighted by Crippen LogP contribution is -2.41. The Morgan fingerprint density at radius 3 is 2.60 bits per heavy atom. The molecular weight excluding hydrogens is 262 g/mol. The SMILES string of the molecule is COC(CNC(=O)NCCCN1CCCC1)CC(=O)O. The van der Waals surface area contributed by atoms with E-state index in [0.717, 1.165) is 26.1 Å². The van der Waals surface area contributed by atoms with Crippen LogP contribution in [-0.2, 0) is 9.53 Å². The molecule has 7 heteroatoms. The standard InChI is InChI=1S/C13H25N3O4/c1-20-11(9-12(17)18)10-15-13(19)14-5-4-8-16-6-2-3-7-16/h11H,2-10H2,1H3,(H,17,18)(H2,14,15,19). The number of urea groups is 1. The van der Waals surface area contributed by atoms with Gasteiger partial charge in [0.25, 0.3) is 0 Å². The molecule has 1 fully saturated rings. The van der Waals surface area contributed by atoms with Gasteiger partial charge in [0.1, 0.15) is 0 Å². The Labute approximate surface area is 119 Å². The van der Waals surface area contributed by atoms with Gasteiger partial charge in [0.05, 0.1) is 12.5 Å². The maximum Gasteiger partial charge on any atom is 0.314 e. The molecule has 0 aromatic heterocycles. The molecule has 0 aliphatic carbocycles. The van der Waals surface area contributed by atoms with E-state index in [0.29, 0.717) is 6.54 Å². The monoisotopic (exact) mass is 287 g/mol. The highest BCUT2D eigenvalue weighted by Gasteiger charge is 2.13. The van der Waals surface area contributed by atoms with Crippen molar-refractivity contribution in [2.75, 3.05) is 39.8 Å². The smallest absolute Gasteiger partial charge is 0.314 e. The van der Waals surface area contributed by atoms with Crippen molar-refractivity contribution < 1.29 is 19.4 Å². The van der Waals surface area contributed by atoms with Crippen LogP contribution < -0.4 is 10.6 Å². The molecule has 1 aliphatic heterocycles. The highest BCUT2D eigenvalue weighted by atomic mass is 16.5. The van der Waals surface area contributed by atoms with Crippen LogP contribution in [0.25, 0.3) is 0 Å². The van der Waals surface area contributed by atoms with Gasteiger partial charge in [-0.15, -0.1) is 0 Å². The second-order valence-corrected chi connectivity index (χ2v) is 4.99. The molecule has 1 heterocycles. The van der Waals surface area contributed by atoms with Crippen LogP contribution in [0.1, 0.15) is 25.7 Å². The first-order chi connectivity index (χ1) is 9.61. The summed E-state index contributed by atoms with van der Waals surface area (Å²) in [7, 11) is 1.43. The van der Waals surface area contributed by atoms with Crippen molar-refractivity contribution in [3.8, 4) is 0 Å². The highest BCUT2D eigenvalue weighted by molar-refractivity contribution is 5.74. The van der Waals surface area contributed by atoms with Crippen LogP contribution in [0.15, 0.2) is 0 Å². The minimum absolute atomic E-state index is 0.119. The first-order valence-corrected chi connectivity index (χ1v) is 7.10. The van der Waals surface area contributed by atoms with Crippen molar-refractivity contribution in [3.05, 3.63) is 0 Å². The normalized spacial score (nSPS) is 16.9. The molecule has 116 valence electrons. The van der Waals surface area contributed by atoms with Gasteiger partial charge in [-0.3, -0.25) is 4.79 Å². The van der Waals surface area contributed by atoms with E-state index in [1.807, 2.05) is 0 Å². The van der Waals surface area contributed by atoms with E-state index in [1.54, 1.807) is 0 Å². The van der Waals surface area contributed by atoms with Crippen LogP contribution in [0.5, 0.6) is 0 Å². The zero-order valence-corrected chi connectivity index (χ0v) is 12.1. The number of aliphatic carboxylic acids is 1. The molecule has 0 saturated carbocycles. The maximum absolute atomic E-state index is 11.5. The fourth-order valence-corrected chi connectivity index (χ4v) is 2.21. The first kappa shape index (κ1) is 16.7. The number of carboxylic acid groups (broad SMARTS) is 1. The summed E-state index contributed by atoms with van der Waals surface area (Å²) >= 11 is 0. The highest BCUT2D eigenvalue weighted by Crippen LogP contribution is 2.06. The van der Waals surface area contributed by atoms with E-state index in [4.69, 9.17) is 9.84 Å². The summed E-state index contributed by atoms with van der Waals surface area (Å²) in [5, 5.41) is 14.0. The lowest BCUT2D eigenvalue weighted by molar-refractivity contribution is -0.139. The van der Waals surface area contributed by atoms with Gasteiger partial charge < -0.3 is 25.4 Å². The summed E-state index contributed by atoms with van der Waals surface area (Å²) in [6.07, 6.45) is 2.86. The minimum Gasteiger partial charge on any atom is -0.481 e. The zero-order valence-electron chi connectivity index (χ0n) is 12.1. The molecule has 1 atom stereocenters. The molecule has 0 aromatic carbocycles.